The predicted octanol–water partition coefficient (Wildman–Crippen LogP) is 7.09. The zero-order valence-electron chi connectivity index (χ0n) is 25.4. The second kappa shape index (κ2) is 12.1. The van der Waals surface area contributed by atoms with E-state index >= 15 is 0 Å². The summed E-state index contributed by atoms with van der Waals surface area (Å²) in [5, 5.41) is 0.204. The monoisotopic (exact) mass is 514 g/mol. The maximum absolute atomic E-state index is 12.3. The van der Waals surface area contributed by atoms with E-state index in [1.165, 1.54) is 44.3 Å². The van der Waals surface area contributed by atoms with Crippen molar-refractivity contribution in [1.82, 2.24) is 0 Å². The van der Waals surface area contributed by atoms with Crippen LogP contribution in [0.4, 0.5) is 4.32 Å². The van der Waals surface area contributed by atoms with Crippen molar-refractivity contribution in [3.63, 3.8) is 0 Å². The minimum absolute atomic E-state index is 0.204. The van der Waals surface area contributed by atoms with Gasteiger partial charge in [-0.2, -0.15) is 0 Å². The van der Waals surface area contributed by atoms with Gasteiger partial charge < -0.3 is 8.74 Å². The van der Waals surface area contributed by atoms with Crippen molar-refractivity contribution in [3.8, 4) is 5.75 Å². The van der Waals surface area contributed by atoms with Crippen molar-refractivity contribution in [2.75, 3.05) is 0 Å². The highest BCUT2D eigenvalue weighted by atomic mass is 28.4. The first-order chi connectivity index (χ1) is 17.0. The Kier molecular flexibility index (Phi) is 10.1. The molecular formula is C32H45B2FOSi. The van der Waals surface area contributed by atoms with Gasteiger partial charge in [0.15, 0.2) is 7.28 Å². The summed E-state index contributed by atoms with van der Waals surface area (Å²) < 4.78 is 18.8. The Labute approximate surface area is 228 Å². The van der Waals surface area contributed by atoms with Gasteiger partial charge >= 0.3 is 7.56 Å². The second-order valence-corrected chi connectivity index (χ2v) is 16.9. The lowest BCUT2D eigenvalue weighted by atomic mass is 9.58. The Hall–Kier alpha value is -2.26. The summed E-state index contributed by atoms with van der Waals surface area (Å²) in [7, 11) is 1.19. The molecule has 0 bridgehead atoms. The van der Waals surface area contributed by atoms with Gasteiger partial charge in [0.25, 0.3) is 0 Å². The number of rotatable bonds is 5. The Balaban J connectivity index is 0.000000364. The van der Waals surface area contributed by atoms with Gasteiger partial charge in [0.2, 0.25) is 8.32 Å². The quantitative estimate of drug-likeness (QED) is 0.330. The fourth-order valence-corrected chi connectivity index (χ4v) is 5.61. The molecule has 0 atom stereocenters. The van der Waals surface area contributed by atoms with Gasteiger partial charge in [0.1, 0.15) is 5.75 Å². The van der Waals surface area contributed by atoms with Crippen molar-refractivity contribution >= 4 is 39.5 Å². The van der Waals surface area contributed by atoms with Gasteiger partial charge in [0, 0.05) is 0 Å². The largest absolute Gasteiger partial charge is 0.543 e. The van der Waals surface area contributed by atoms with Crippen LogP contribution in [0.3, 0.4) is 0 Å². The van der Waals surface area contributed by atoms with Crippen molar-refractivity contribution in [2.24, 2.45) is 0 Å². The van der Waals surface area contributed by atoms with Gasteiger partial charge in [-0.25, -0.2) is 0 Å². The highest BCUT2D eigenvalue weighted by molar-refractivity contribution is 6.74. The summed E-state index contributed by atoms with van der Waals surface area (Å²) in [5.74, 6) is 1.01. The summed E-state index contributed by atoms with van der Waals surface area (Å²) in [4.78, 5) is 0. The molecule has 3 aromatic rings. The SMILES string of the molecule is Cc1cc(C)c([B]F)c(C)c1.Cc1cc(C)c([B]c2c(C)cc(O[Si](C)(C)C(C)(C)C)cc2C)c(C)c1. The van der Waals surface area contributed by atoms with Crippen LogP contribution < -0.4 is 20.8 Å². The fraction of sp³-hybridized carbons (Fsp3) is 0.438. The fourth-order valence-electron chi connectivity index (χ4n) is 4.60. The van der Waals surface area contributed by atoms with Crippen LogP contribution in [0.1, 0.15) is 65.3 Å². The van der Waals surface area contributed by atoms with Gasteiger partial charge in [-0.1, -0.05) is 100 Å². The van der Waals surface area contributed by atoms with Crippen LogP contribution in [0.2, 0.25) is 18.1 Å². The average molecular weight is 514 g/mol. The second-order valence-electron chi connectivity index (χ2n) is 12.2. The Morgan fingerprint density at radius 1 is 0.595 bits per heavy atom. The van der Waals surface area contributed by atoms with E-state index in [-0.39, 0.29) is 5.04 Å². The first-order valence-corrected chi connectivity index (χ1v) is 16.1. The molecule has 0 saturated heterocycles. The van der Waals surface area contributed by atoms with Crippen LogP contribution in [0.15, 0.2) is 36.4 Å². The molecule has 0 fully saturated rings. The molecule has 3 aromatic carbocycles. The van der Waals surface area contributed by atoms with Gasteiger partial charge in [0.05, 0.1) is 0 Å². The standard InChI is InChI=1S/C23H34BOSi.C9H11BF/c1-15-11-16(2)21(17(3)12-15)24-22-18(4)13-20(14-19(22)5)25-26(9,10)23(6,7)8;1-6-4-7(2)9(10-11)8(3)5-6/h11-14H,1-10H3;4-5H,1-3H3. The van der Waals surface area contributed by atoms with E-state index in [0.717, 1.165) is 22.3 Å². The summed E-state index contributed by atoms with van der Waals surface area (Å²) >= 11 is 0. The lowest BCUT2D eigenvalue weighted by Gasteiger charge is -2.36. The van der Waals surface area contributed by atoms with Crippen LogP contribution in [0.25, 0.3) is 0 Å². The van der Waals surface area contributed by atoms with Crippen molar-refractivity contribution in [2.45, 2.75) is 94.3 Å². The normalized spacial score (nSPS) is 11.5. The van der Waals surface area contributed by atoms with Crippen molar-refractivity contribution < 1.29 is 8.74 Å². The van der Waals surface area contributed by atoms with E-state index in [2.05, 4.69) is 100 Å². The number of hydrogen-bond donors (Lipinski definition) is 0. The third-order valence-corrected chi connectivity index (χ3v) is 12.0. The van der Waals surface area contributed by atoms with E-state index < -0.39 is 8.32 Å². The molecule has 37 heavy (non-hydrogen) atoms. The van der Waals surface area contributed by atoms with E-state index in [0.29, 0.717) is 7.56 Å². The maximum Gasteiger partial charge on any atom is 0.392 e. The zero-order valence-corrected chi connectivity index (χ0v) is 26.4. The lowest BCUT2D eigenvalue weighted by Crippen LogP contribution is -2.44. The first-order valence-electron chi connectivity index (χ1n) is 13.2. The molecule has 1 nitrogen and oxygen atoms in total. The highest BCUT2D eigenvalue weighted by Crippen LogP contribution is 2.37. The number of halogens is 1. The molecule has 0 aliphatic heterocycles. The van der Waals surface area contributed by atoms with Gasteiger partial charge in [-0.05, 0) is 91.1 Å². The third kappa shape index (κ3) is 7.86. The summed E-state index contributed by atoms with van der Waals surface area (Å²) in [6.45, 7) is 28.3. The van der Waals surface area contributed by atoms with Crippen LogP contribution >= 0.6 is 0 Å². The molecule has 3 rings (SSSR count). The Morgan fingerprint density at radius 2 is 0.919 bits per heavy atom. The smallest absolute Gasteiger partial charge is 0.392 e. The minimum Gasteiger partial charge on any atom is -0.543 e. The van der Waals surface area contributed by atoms with E-state index in [1.54, 1.807) is 0 Å². The average Bonchev–Trinajstić information content (AvgIpc) is 2.71. The Morgan fingerprint density at radius 3 is 1.24 bits per heavy atom. The van der Waals surface area contributed by atoms with Crippen molar-refractivity contribution in [3.05, 3.63) is 80.9 Å². The molecule has 0 amide bonds. The van der Waals surface area contributed by atoms with Crippen LogP contribution in [-0.4, -0.2) is 23.2 Å². The zero-order chi connectivity index (χ0) is 28.3. The minimum atomic E-state index is -1.82. The van der Waals surface area contributed by atoms with Crippen LogP contribution in [0, 0.1) is 55.4 Å². The maximum atomic E-state index is 12.3. The molecule has 0 unspecified atom stereocenters. The summed E-state index contributed by atoms with van der Waals surface area (Å²) in [6, 6.07) is 12.9. The molecule has 0 aliphatic carbocycles. The lowest BCUT2D eigenvalue weighted by molar-refractivity contribution is 0.491. The Bertz CT molecular complexity index is 1190. The highest BCUT2D eigenvalue weighted by Gasteiger charge is 2.39. The van der Waals surface area contributed by atoms with E-state index in [9.17, 15) is 4.32 Å². The van der Waals surface area contributed by atoms with E-state index in [4.69, 9.17) is 4.43 Å². The van der Waals surface area contributed by atoms with Gasteiger partial charge in [-0.15, -0.1) is 0 Å². The van der Waals surface area contributed by atoms with Crippen LogP contribution in [0.5, 0.6) is 5.75 Å². The van der Waals surface area contributed by atoms with Gasteiger partial charge in [-0.3, -0.25) is 0 Å². The predicted molar refractivity (Wildman–Crippen MR) is 167 cm³/mol. The summed E-state index contributed by atoms with van der Waals surface area (Å²) in [5.41, 5.74) is 13.1. The molecule has 0 heterocycles. The molecule has 0 N–H and O–H groups in total. The first kappa shape index (κ1) is 31.0. The van der Waals surface area contributed by atoms with Crippen molar-refractivity contribution in [1.29, 1.82) is 0 Å². The number of hydrogen-bond acceptors (Lipinski definition) is 1. The molecular weight excluding hydrogens is 469 g/mol. The number of aryl methyl sites for hydroxylation is 8. The van der Waals surface area contributed by atoms with E-state index in [1.807, 2.05) is 32.9 Å². The molecule has 0 aliphatic rings. The number of benzene rings is 3. The molecule has 196 valence electrons. The molecule has 0 spiro atoms. The third-order valence-electron chi connectivity index (χ3n) is 7.62. The molecule has 5 heteroatoms. The topological polar surface area (TPSA) is 9.23 Å². The molecule has 0 saturated carbocycles. The molecule has 0 aromatic heterocycles. The summed E-state index contributed by atoms with van der Waals surface area (Å²) in [6.07, 6.45) is 0. The molecule has 2 radical (unpaired) electrons. The van der Waals surface area contributed by atoms with Crippen LogP contribution in [-0.2, 0) is 0 Å².